The molecule has 1 unspecified atom stereocenters. The molecule has 2 aromatic heterocycles. The Morgan fingerprint density at radius 2 is 2.09 bits per heavy atom. The summed E-state index contributed by atoms with van der Waals surface area (Å²) in [7, 11) is 2.11. The van der Waals surface area contributed by atoms with Crippen LogP contribution < -0.4 is 5.32 Å². The Hall–Kier alpha value is -2.83. The zero-order valence-electron chi connectivity index (χ0n) is 18.7. The lowest BCUT2D eigenvalue weighted by Gasteiger charge is -2.30. The summed E-state index contributed by atoms with van der Waals surface area (Å²) in [5.74, 6) is -0.0178. The van der Waals surface area contributed by atoms with E-state index in [0.717, 1.165) is 75.0 Å². The van der Waals surface area contributed by atoms with Crippen molar-refractivity contribution < 1.29 is 4.79 Å². The quantitative estimate of drug-likeness (QED) is 0.385. The van der Waals surface area contributed by atoms with E-state index in [1.807, 2.05) is 37.4 Å². The van der Waals surface area contributed by atoms with Gasteiger partial charge in [0.25, 0.3) is 5.91 Å². The third-order valence-corrected chi connectivity index (χ3v) is 6.76. The van der Waals surface area contributed by atoms with Gasteiger partial charge in [-0.05, 0) is 86.8 Å². The van der Waals surface area contributed by atoms with Crippen LogP contribution in [0.3, 0.4) is 0 Å². The lowest BCUT2D eigenvalue weighted by atomic mass is 9.93. The number of benzene rings is 2. The highest BCUT2D eigenvalue weighted by Crippen LogP contribution is 2.38. The number of nitrogens with zero attached hydrogens (tertiary/aromatic N) is 2. The Balaban J connectivity index is 1.70. The van der Waals surface area contributed by atoms with Gasteiger partial charge in [0.1, 0.15) is 5.65 Å². The highest BCUT2D eigenvalue weighted by molar-refractivity contribution is 7.80. The van der Waals surface area contributed by atoms with Crippen LogP contribution in [0.4, 0.5) is 0 Å². The summed E-state index contributed by atoms with van der Waals surface area (Å²) in [5.41, 5.74) is 6.61. The van der Waals surface area contributed by atoms with Crippen LogP contribution in [0.1, 0.15) is 34.3 Å². The van der Waals surface area contributed by atoms with E-state index in [0.29, 0.717) is 5.56 Å². The van der Waals surface area contributed by atoms with Crippen molar-refractivity contribution in [1.82, 2.24) is 20.2 Å². The number of likely N-dealkylation sites (N-methyl/N-ethyl adjacent to an activating group) is 1. The molecule has 5 nitrogen and oxygen atoms in total. The summed E-state index contributed by atoms with van der Waals surface area (Å²) < 4.78 is 0. The molecule has 5 rings (SSSR count). The number of aromatic nitrogens is 2. The number of amides is 1. The average Bonchev–Trinajstić information content (AvgIpc) is 3.13. The number of thiol groups is 1. The molecule has 1 fully saturated rings. The highest BCUT2D eigenvalue weighted by atomic mass is 32.1. The van der Waals surface area contributed by atoms with Crippen molar-refractivity contribution in [2.24, 2.45) is 0 Å². The summed E-state index contributed by atoms with van der Waals surface area (Å²) in [6, 6.07) is 12.5. The predicted octanol–water partition coefficient (Wildman–Crippen LogP) is 5.11. The van der Waals surface area contributed by atoms with Gasteiger partial charge in [0.2, 0.25) is 0 Å². The maximum Gasteiger partial charge on any atom is 0.251 e. The molecule has 32 heavy (non-hydrogen) atoms. The van der Waals surface area contributed by atoms with Crippen LogP contribution in [0.2, 0.25) is 0 Å². The van der Waals surface area contributed by atoms with Crippen LogP contribution >= 0.6 is 12.6 Å². The van der Waals surface area contributed by atoms with Crippen molar-refractivity contribution in [2.45, 2.75) is 37.6 Å². The number of hydrogen-bond acceptors (Lipinski definition) is 4. The largest absolute Gasteiger partial charge is 0.348 e. The summed E-state index contributed by atoms with van der Waals surface area (Å²) in [6.07, 6.45) is 3.99. The van der Waals surface area contributed by atoms with Gasteiger partial charge in [-0.15, -0.1) is 12.6 Å². The van der Waals surface area contributed by atoms with E-state index in [4.69, 9.17) is 0 Å². The summed E-state index contributed by atoms with van der Waals surface area (Å²) >= 11 is 4.55. The van der Waals surface area contributed by atoms with Gasteiger partial charge in [0.05, 0.1) is 5.52 Å². The standard InChI is InChI=1S/C26H28N4OS/c1-15-10-22-23-21(17-6-4-8-19(32)11-17)12-20(16(2)24(23)29-25(22)27-13-15)26(31)28-18-7-5-9-30(3)14-18/h4,6,8,10-13,18,32H,5,7,9,14H2,1-3H3,(H,27,29)(H,28,31). The summed E-state index contributed by atoms with van der Waals surface area (Å²) in [4.78, 5) is 24.7. The number of aromatic amines is 1. The fourth-order valence-electron chi connectivity index (χ4n) is 4.88. The van der Waals surface area contributed by atoms with Crippen molar-refractivity contribution in [3.8, 4) is 11.1 Å². The molecule has 1 saturated heterocycles. The molecule has 4 aromatic rings. The van der Waals surface area contributed by atoms with Crippen molar-refractivity contribution in [1.29, 1.82) is 0 Å². The number of hydrogen-bond donors (Lipinski definition) is 3. The maximum atomic E-state index is 13.4. The molecular formula is C26H28N4OS. The van der Waals surface area contributed by atoms with Gasteiger partial charge < -0.3 is 15.2 Å². The third kappa shape index (κ3) is 3.78. The number of rotatable bonds is 3. The van der Waals surface area contributed by atoms with E-state index < -0.39 is 0 Å². The fraction of sp³-hybridized carbons (Fsp3) is 0.308. The minimum absolute atomic E-state index is 0.0178. The van der Waals surface area contributed by atoms with E-state index in [9.17, 15) is 4.79 Å². The Morgan fingerprint density at radius 3 is 2.88 bits per heavy atom. The van der Waals surface area contributed by atoms with E-state index >= 15 is 0 Å². The van der Waals surface area contributed by atoms with E-state index in [1.54, 1.807) is 0 Å². The van der Waals surface area contributed by atoms with Crippen LogP contribution in [0.5, 0.6) is 0 Å². The summed E-state index contributed by atoms with van der Waals surface area (Å²) in [6.45, 7) is 6.04. The second kappa shape index (κ2) is 8.26. The number of nitrogens with one attached hydrogen (secondary N) is 2. The van der Waals surface area contributed by atoms with Gasteiger partial charge in [0.15, 0.2) is 0 Å². The first kappa shape index (κ1) is 21.0. The molecule has 0 saturated carbocycles. The highest BCUT2D eigenvalue weighted by Gasteiger charge is 2.23. The predicted molar refractivity (Wildman–Crippen MR) is 134 cm³/mol. The lowest BCUT2D eigenvalue weighted by Crippen LogP contribution is -2.46. The first-order valence-electron chi connectivity index (χ1n) is 11.1. The molecule has 164 valence electrons. The van der Waals surface area contributed by atoms with Crippen LogP contribution in [-0.2, 0) is 0 Å². The van der Waals surface area contributed by atoms with Crippen molar-refractivity contribution in [3.63, 3.8) is 0 Å². The molecule has 3 heterocycles. The number of pyridine rings is 1. The molecule has 6 heteroatoms. The van der Waals surface area contributed by atoms with E-state index in [2.05, 4.69) is 58.9 Å². The maximum absolute atomic E-state index is 13.4. The van der Waals surface area contributed by atoms with Gasteiger partial charge >= 0.3 is 0 Å². The van der Waals surface area contributed by atoms with Gasteiger partial charge in [-0.2, -0.15) is 0 Å². The first-order chi connectivity index (χ1) is 15.4. The second-order valence-electron chi connectivity index (χ2n) is 9.01. The average molecular weight is 445 g/mol. The zero-order chi connectivity index (χ0) is 22.4. The number of fused-ring (bicyclic) bond motifs is 3. The fourth-order valence-corrected chi connectivity index (χ4v) is 5.10. The minimum Gasteiger partial charge on any atom is -0.348 e. The second-order valence-corrected chi connectivity index (χ2v) is 9.52. The monoisotopic (exact) mass is 444 g/mol. The minimum atomic E-state index is -0.0178. The number of piperidine rings is 1. The van der Waals surface area contributed by atoms with Gasteiger partial charge in [0, 0.05) is 40.0 Å². The smallest absolute Gasteiger partial charge is 0.251 e. The number of carbonyl (C=O) groups is 1. The first-order valence-corrected chi connectivity index (χ1v) is 11.6. The molecule has 1 aliphatic heterocycles. The molecule has 0 aliphatic carbocycles. The van der Waals surface area contributed by atoms with Crippen molar-refractivity contribution in [2.75, 3.05) is 20.1 Å². The lowest BCUT2D eigenvalue weighted by molar-refractivity contribution is 0.0912. The SMILES string of the molecule is Cc1cnc2[nH]c3c(C)c(C(=O)NC4CCCN(C)C4)cc(-c4cccc(S)c4)c3c2c1. The molecule has 1 aliphatic rings. The van der Waals surface area contributed by atoms with Crippen LogP contribution in [0.15, 0.2) is 47.5 Å². The molecule has 2 N–H and O–H groups in total. The van der Waals surface area contributed by atoms with Crippen LogP contribution in [-0.4, -0.2) is 47.0 Å². The molecule has 2 aromatic carbocycles. The normalized spacial score (nSPS) is 17.2. The number of carbonyl (C=O) groups excluding carboxylic acids is 1. The Labute approximate surface area is 193 Å². The van der Waals surface area contributed by atoms with Crippen molar-refractivity contribution in [3.05, 3.63) is 59.3 Å². The van der Waals surface area contributed by atoms with Crippen LogP contribution in [0.25, 0.3) is 33.1 Å². The third-order valence-electron chi connectivity index (χ3n) is 6.49. The molecule has 0 spiro atoms. The molecule has 1 amide bonds. The van der Waals surface area contributed by atoms with Gasteiger partial charge in [-0.25, -0.2) is 4.98 Å². The number of aryl methyl sites for hydroxylation is 2. The summed E-state index contributed by atoms with van der Waals surface area (Å²) in [5, 5.41) is 5.45. The van der Waals surface area contributed by atoms with E-state index in [1.165, 1.54) is 0 Å². The Kier molecular flexibility index (Phi) is 5.43. The Morgan fingerprint density at radius 1 is 1.25 bits per heavy atom. The van der Waals surface area contributed by atoms with Crippen molar-refractivity contribution >= 4 is 40.5 Å². The molecule has 0 bridgehead atoms. The van der Waals surface area contributed by atoms with Gasteiger partial charge in [-0.1, -0.05) is 12.1 Å². The molecular weight excluding hydrogens is 416 g/mol. The number of H-pyrrole nitrogens is 1. The Bertz CT molecular complexity index is 1340. The topological polar surface area (TPSA) is 61.0 Å². The van der Waals surface area contributed by atoms with E-state index in [-0.39, 0.29) is 11.9 Å². The zero-order valence-corrected chi connectivity index (χ0v) is 19.6. The number of likely N-dealkylation sites (tertiary alicyclic amines) is 1. The van der Waals surface area contributed by atoms with Crippen LogP contribution in [0, 0.1) is 13.8 Å². The molecule has 1 atom stereocenters. The molecule has 0 radical (unpaired) electrons. The van der Waals surface area contributed by atoms with Gasteiger partial charge in [-0.3, -0.25) is 4.79 Å².